The van der Waals surface area contributed by atoms with E-state index in [9.17, 15) is 5.26 Å². The molecule has 0 aliphatic rings. The number of ether oxygens (including phenoxy) is 2. The first-order chi connectivity index (χ1) is 18.6. The summed E-state index contributed by atoms with van der Waals surface area (Å²) in [5.74, 6) is 2.28. The zero-order valence-corrected chi connectivity index (χ0v) is 21.6. The van der Waals surface area contributed by atoms with Gasteiger partial charge in [-0.2, -0.15) is 5.26 Å². The van der Waals surface area contributed by atoms with Crippen LogP contribution in [0.3, 0.4) is 0 Å². The molecule has 0 fully saturated rings. The highest BCUT2D eigenvalue weighted by molar-refractivity contribution is 6.02. The zero-order valence-electron chi connectivity index (χ0n) is 21.6. The molecule has 3 aromatic carbocycles. The summed E-state index contributed by atoms with van der Waals surface area (Å²) in [6.07, 6.45) is 3.66. The molecule has 38 heavy (non-hydrogen) atoms. The molecular weight excluding hydrogens is 474 g/mol. The Labute approximate surface area is 221 Å². The quantitative estimate of drug-likeness (QED) is 0.161. The summed E-state index contributed by atoms with van der Waals surface area (Å²) in [6.45, 7) is 6.65. The number of aromatic nitrogens is 1. The fourth-order valence-corrected chi connectivity index (χ4v) is 4.70. The number of benzene rings is 3. The summed E-state index contributed by atoms with van der Waals surface area (Å²) >= 11 is 0. The molecule has 0 saturated heterocycles. The first kappa shape index (κ1) is 24.7. The number of methoxy groups -OCH3 is 2. The van der Waals surface area contributed by atoms with Gasteiger partial charge in [0.15, 0.2) is 0 Å². The molecule has 0 amide bonds. The first-order valence-electron chi connectivity index (χ1n) is 12.2. The Balaban J connectivity index is 1.68. The molecular formula is C32H27N3O3. The third kappa shape index (κ3) is 4.35. The van der Waals surface area contributed by atoms with Gasteiger partial charge >= 0.3 is 0 Å². The van der Waals surface area contributed by atoms with Crippen LogP contribution in [0.1, 0.15) is 16.8 Å². The van der Waals surface area contributed by atoms with E-state index in [1.54, 1.807) is 20.4 Å². The van der Waals surface area contributed by atoms with Crippen LogP contribution in [-0.2, 0) is 6.54 Å². The highest BCUT2D eigenvalue weighted by Gasteiger charge is 2.23. The summed E-state index contributed by atoms with van der Waals surface area (Å²) < 4.78 is 19.2. The van der Waals surface area contributed by atoms with Crippen molar-refractivity contribution in [2.75, 3.05) is 14.2 Å². The summed E-state index contributed by atoms with van der Waals surface area (Å²) in [5.41, 5.74) is 5.82. The number of hydrogen-bond donors (Lipinski definition) is 0. The molecule has 5 rings (SSSR count). The number of fused-ring (bicyclic) bond motifs is 1. The maximum absolute atomic E-state index is 10.3. The van der Waals surface area contributed by atoms with Gasteiger partial charge in [-0.15, -0.1) is 6.58 Å². The van der Waals surface area contributed by atoms with Gasteiger partial charge in [-0.1, -0.05) is 36.4 Å². The lowest BCUT2D eigenvalue weighted by Gasteiger charge is -2.06. The number of nitrogens with zero attached hydrogens (tertiary/aromatic N) is 3. The van der Waals surface area contributed by atoms with E-state index in [1.165, 1.54) is 0 Å². The maximum atomic E-state index is 10.3. The summed E-state index contributed by atoms with van der Waals surface area (Å²) in [6, 6.07) is 25.6. The fourth-order valence-electron chi connectivity index (χ4n) is 4.70. The Hall–Kier alpha value is -5.02. The Morgan fingerprint density at radius 1 is 0.947 bits per heavy atom. The average Bonchev–Trinajstić information content (AvgIpc) is 3.46. The van der Waals surface area contributed by atoms with Gasteiger partial charge in [0.05, 0.1) is 14.2 Å². The predicted octanol–water partition coefficient (Wildman–Crippen LogP) is 7.70. The summed E-state index contributed by atoms with van der Waals surface area (Å²) in [5, 5.41) is 11.3. The van der Waals surface area contributed by atoms with Gasteiger partial charge in [-0.25, -0.2) is 4.99 Å². The van der Waals surface area contributed by atoms with E-state index in [1.807, 2.05) is 66.7 Å². The largest absolute Gasteiger partial charge is 0.497 e. The molecule has 0 bridgehead atoms. The maximum Gasteiger partial charge on any atom is 0.238 e. The van der Waals surface area contributed by atoms with E-state index in [0.29, 0.717) is 23.4 Å². The number of hydrogen-bond acceptors (Lipinski definition) is 5. The molecule has 6 heteroatoms. The van der Waals surface area contributed by atoms with Gasteiger partial charge in [0.25, 0.3) is 0 Å². The van der Waals surface area contributed by atoms with Gasteiger partial charge < -0.3 is 18.5 Å². The standard InChI is InChI=1S/C32H27N3O3/c1-5-18-35-21(2)28(26-8-6-7-9-29(26)35)20-34-32-27(19-33)30(22-10-14-24(36-3)15-11-22)31(38-32)23-12-16-25(37-4)17-13-23/h5-17,20H,1,18H2,2-4H3. The van der Waals surface area contributed by atoms with Crippen molar-refractivity contribution in [1.29, 1.82) is 5.26 Å². The molecule has 0 atom stereocenters. The molecule has 0 aliphatic heterocycles. The minimum atomic E-state index is 0.254. The first-order valence-corrected chi connectivity index (χ1v) is 12.2. The third-order valence-electron chi connectivity index (χ3n) is 6.63. The number of para-hydroxylation sites is 1. The fraction of sp³-hybridized carbons (Fsp3) is 0.125. The minimum Gasteiger partial charge on any atom is -0.497 e. The van der Waals surface area contributed by atoms with Gasteiger partial charge in [-0.05, 0) is 55.0 Å². The lowest BCUT2D eigenvalue weighted by atomic mass is 9.98. The molecule has 5 aromatic rings. The Morgan fingerprint density at radius 2 is 1.58 bits per heavy atom. The highest BCUT2D eigenvalue weighted by Crippen LogP contribution is 2.43. The van der Waals surface area contributed by atoms with E-state index >= 15 is 0 Å². The van der Waals surface area contributed by atoms with E-state index in [4.69, 9.17) is 18.9 Å². The minimum absolute atomic E-state index is 0.254. The van der Waals surface area contributed by atoms with Crippen LogP contribution in [0.15, 0.2) is 94.9 Å². The van der Waals surface area contributed by atoms with Gasteiger partial charge in [-0.3, -0.25) is 0 Å². The molecule has 0 radical (unpaired) electrons. The zero-order chi connectivity index (χ0) is 26.6. The van der Waals surface area contributed by atoms with Crippen LogP contribution < -0.4 is 9.47 Å². The van der Waals surface area contributed by atoms with Crippen LogP contribution in [0.2, 0.25) is 0 Å². The number of furan rings is 1. The number of nitriles is 1. The Bertz CT molecular complexity index is 1680. The number of rotatable bonds is 8. The van der Waals surface area contributed by atoms with E-state index in [0.717, 1.165) is 44.8 Å². The number of aliphatic imine (C=N–C) groups is 1. The molecule has 188 valence electrons. The van der Waals surface area contributed by atoms with Crippen molar-refractivity contribution in [1.82, 2.24) is 4.57 Å². The van der Waals surface area contributed by atoms with Crippen LogP contribution >= 0.6 is 0 Å². The normalized spacial score (nSPS) is 11.1. The van der Waals surface area contributed by atoms with Crippen LogP contribution in [0, 0.1) is 18.3 Å². The van der Waals surface area contributed by atoms with Crippen molar-refractivity contribution in [2.24, 2.45) is 4.99 Å². The summed E-state index contributed by atoms with van der Waals surface area (Å²) in [7, 11) is 3.25. The van der Waals surface area contributed by atoms with Crippen molar-refractivity contribution < 1.29 is 13.9 Å². The van der Waals surface area contributed by atoms with Gasteiger partial charge in [0, 0.05) is 46.0 Å². The lowest BCUT2D eigenvalue weighted by molar-refractivity contribution is 0.414. The van der Waals surface area contributed by atoms with E-state index in [-0.39, 0.29) is 5.88 Å². The molecule has 0 N–H and O–H groups in total. The van der Waals surface area contributed by atoms with E-state index in [2.05, 4.69) is 36.3 Å². The van der Waals surface area contributed by atoms with Crippen LogP contribution in [0.5, 0.6) is 11.5 Å². The average molecular weight is 502 g/mol. The molecule has 0 aliphatic carbocycles. The monoisotopic (exact) mass is 501 g/mol. The van der Waals surface area contributed by atoms with Crippen molar-refractivity contribution >= 4 is 23.0 Å². The molecule has 2 aromatic heterocycles. The van der Waals surface area contributed by atoms with Crippen LogP contribution in [0.4, 0.5) is 5.88 Å². The molecule has 2 heterocycles. The molecule has 0 saturated carbocycles. The molecule has 0 spiro atoms. The lowest BCUT2D eigenvalue weighted by Crippen LogP contribution is -1.97. The Morgan fingerprint density at radius 3 is 2.18 bits per heavy atom. The van der Waals surface area contributed by atoms with Crippen molar-refractivity contribution in [2.45, 2.75) is 13.5 Å². The number of allylic oxidation sites excluding steroid dienone is 1. The molecule has 0 unspecified atom stereocenters. The van der Waals surface area contributed by atoms with Gasteiger partial charge in [0.1, 0.15) is 28.9 Å². The third-order valence-corrected chi connectivity index (χ3v) is 6.63. The van der Waals surface area contributed by atoms with Crippen molar-refractivity contribution in [3.8, 4) is 40.0 Å². The van der Waals surface area contributed by atoms with Crippen LogP contribution in [0.25, 0.3) is 33.4 Å². The van der Waals surface area contributed by atoms with Crippen LogP contribution in [-0.4, -0.2) is 25.0 Å². The smallest absolute Gasteiger partial charge is 0.238 e. The van der Waals surface area contributed by atoms with Gasteiger partial charge in [0.2, 0.25) is 5.88 Å². The predicted molar refractivity (Wildman–Crippen MR) is 152 cm³/mol. The van der Waals surface area contributed by atoms with E-state index < -0.39 is 0 Å². The van der Waals surface area contributed by atoms with Crippen molar-refractivity contribution in [3.63, 3.8) is 0 Å². The highest BCUT2D eigenvalue weighted by atomic mass is 16.5. The second-order valence-electron chi connectivity index (χ2n) is 8.73. The second kappa shape index (κ2) is 10.5. The topological polar surface area (TPSA) is 72.7 Å². The van der Waals surface area contributed by atoms with Crippen molar-refractivity contribution in [3.05, 3.63) is 102 Å². The SMILES string of the molecule is C=CCn1c(C)c(C=Nc2oc(-c3ccc(OC)cc3)c(-c3ccc(OC)cc3)c2C#N)c2ccccc21. The molecule has 6 nitrogen and oxygen atoms in total. The summed E-state index contributed by atoms with van der Waals surface area (Å²) in [4.78, 5) is 4.73. The Kier molecular flexibility index (Phi) is 6.84. The second-order valence-corrected chi connectivity index (χ2v) is 8.73.